The van der Waals surface area contributed by atoms with E-state index in [9.17, 15) is 4.79 Å². The summed E-state index contributed by atoms with van der Waals surface area (Å²) in [6.07, 6.45) is 1.73. The molecule has 1 aromatic heterocycles. The zero-order valence-electron chi connectivity index (χ0n) is 12.9. The van der Waals surface area contributed by atoms with Gasteiger partial charge in [0, 0.05) is 29.8 Å². The highest BCUT2D eigenvalue weighted by atomic mass is 16.2. The van der Waals surface area contributed by atoms with Gasteiger partial charge in [0.15, 0.2) is 5.82 Å². The number of nitrogens with zero attached hydrogens (tertiary/aromatic N) is 3. The number of nitrogens with two attached hydrogens (primary N) is 1. The lowest BCUT2D eigenvalue weighted by atomic mass is 9.98. The van der Waals surface area contributed by atoms with Crippen LogP contribution in [0.3, 0.4) is 0 Å². The average molecular weight is 299 g/mol. The van der Waals surface area contributed by atoms with Crippen LogP contribution >= 0.6 is 0 Å². The van der Waals surface area contributed by atoms with E-state index in [0.717, 1.165) is 30.8 Å². The van der Waals surface area contributed by atoms with Crippen molar-refractivity contribution in [3.8, 4) is 11.4 Å². The molecule has 0 radical (unpaired) electrons. The Morgan fingerprint density at radius 1 is 1.36 bits per heavy atom. The lowest BCUT2D eigenvalue weighted by Crippen LogP contribution is -2.48. The van der Waals surface area contributed by atoms with Crippen molar-refractivity contribution in [2.45, 2.75) is 38.8 Å². The number of nitrogens with one attached hydrogen (secondary N) is 1. The smallest absolute Gasteiger partial charge is 0.254 e. The van der Waals surface area contributed by atoms with Crippen LogP contribution in [-0.2, 0) is 0 Å². The molecule has 0 aliphatic carbocycles. The third-order valence-corrected chi connectivity index (χ3v) is 4.16. The van der Waals surface area contributed by atoms with E-state index in [-0.39, 0.29) is 18.0 Å². The average Bonchev–Trinajstić information content (AvgIpc) is 2.93. The minimum Gasteiger partial charge on any atom is -0.336 e. The van der Waals surface area contributed by atoms with Crippen LogP contribution in [0.15, 0.2) is 24.3 Å². The predicted molar refractivity (Wildman–Crippen MR) is 84.3 cm³/mol. The highest BCUT2D eigenvalue weighted by Gasteiger charge is 2.27. The van der Waals surface area contributed by atoms with E-state index in [1.165, 1.54) is 0 Å². The molecule has 1 saturated heterocycles. The molecule has 0 saturated carbocycles. The second-order valence-electron chi connectivity index (χ2n) is 5.95. The van der Waals surface area contributed by atoms with E-state index in [1.54, 1.807) is 0 Å². The molecule has 1 aliphatic heterocycles. The molecule has 3 N–H and O–H groups in total. The van der Waals surface area contributed by atoms with Crippen LogP contribution in [0, 0.1) is 6.92 Å². The molecule has 0 unspecified atom stereocenters. The van der Waals surface area contributed by atoms with Gasteiger partial charge in [-0.3, -0.25) is 9.89 Å². The summed E-state index contributed by atoms with van der Waals surface area (Å²) < 4.78 is 0. The SMILES string of the molecule is Cc1nc(-c2ccc(C(=O)N3CC[C@@H](N)C[C@H]3C)cc2)n[nH]1. The molecule has 0 spiro atoms. The first-order chi connectivity index (χ1) is 10.5. The largest absolute Gasteiger partial charge is 0.336 e. The molecule has 1 aromatic carbocycles. The number of piperidine rings is 1. The van der Waals surface area contributed by atoms with Gasteiger partial charge in [0.05, 0.1) is 0 Å². The van der Waals surface area contributed by atoms with E-state index < -0.39 is 0 Å². The highest BCUT2D eigenvalue weighted by molar-refractivity contribution is 5.94. The van der Waals surface area contributed by atoms with Crippen LogP contribution < -0.4 is 5.73 Å². The molecule has 116 valence electrons. The number of hydrogen-bond acceptors (Lipinski definition) is 4. The van der Waals surface area contributed by atoms with Gasteiger partial charge in [0.1, 0.15) is 5.82 Å². The number of rotatable bonds is 2. The number of hydrogen-bond donors (Lipinski definition) is 2. The Bertz CT molecular complexity index is 663. The van der Waals surface area contributed by atoms with Crippen molar-refractivity contribution < 1.29 is 4.79 Å². The summed E-state index contributed by atoms with van der Waals surface area (Å²) in [5.41, 5.74) is 7.55. The van der Waals surface area contributed by atoms with Crippen molar-refractivity contribution in [3.05, 3.63) is 35.7 Å². The van der Waals surface area contributed by atoms with Gasteiger partial charge in [0.2, 0.25) is 0 Å². The molecule has 1 fully saturated rings. The van der Waals surface area contributed by atoms with Crippen molar-refractivity contribution >= 4 is 5.91 Å². The Labute approximate surface area is 129 Å². The first-order valence-electron chi connectivity index (χ1n) is 7.60. The molecule has 6 heteroatoms. The van der Waals surface area contributed by atoms with Crippen molar-refractivity contribution in [2.75, 3.05) is 6.54 Å². The molecule has 6 nitrogen and oxygen atoms in total. The summed E-state index contributed by atoms with van der Waals surface area (Å²) in [5, 5.41) is 6.94. The number of aryl methyl sites for hydroxylation is 1. The highest BCUT2D eigenvalue weighted by Crippen LogP contribution is 2.21. The molecule has 2 atom stereocenters. The number of carbonyl (C=O) groups excluding carboxylic acids is 1. The van der Waals surface area contributed by atoms with Crippen molar-refractivity contribution in [1.82, 2.24) is 20.1 Å². The molecule has 22 heavy (non-hydrogen) atoms. The first kappa shape index (κ1) is 14.7. The Hall–Kier alpha value is -2.21. The summed E-state index contributed by atoms with van der Waals surface area (Å²) in [4.78, 5) is 18.8. The Balaban J connectivity index is 1.76. The fourth-order valence-corrected chi connectivity index (χ4v) is 2.91. The van der Waals surface area contributed by atoms with E-state index in [4.69, 9.17) is 5.73 Å². The summed E-state index contributed by atoms with van der Waals surface area (Å²) in [7, 11) is 0. The van der Waals surface area contributed by atoms with Gasteiger partial charge < -0.3 is 10.6 Å². The van der Waals surface area contributed by atoms with Gasteiger partial charge in [-0.05, 0) is 38.8 Å². The van der Waals surface area contributed by atoms with Crippen LogP contribution in [0.25, 0.3) is 11.4 Å². The zero-order chi connectivity index (χ0) is 15.7. The van der Waals surface area contributed by atoms with Gasteiger partial charge in [-0.15, -0.1) is 0 Å². The minimum atomic E-state index is 0.0668. The number of H-pyrrole nitrogens is 1. The van der Waals surface area contributed by atoms with Gasteiger partial charge in [-0.25, -0.2) is 4.98 Å². The Morgan fingerprint density at radius 3 is 2.68 bits per heavy atom. The molecule has 2 aromatic rings. The van der Waals surface area contributed by atoms with Crippen molar-refractivity contribution in [2.24, 2.45) is 5.73 Å². The number of aromatic nitrogens is 3. The first-order valence-corrected chi connectivity index (χ1v) is 7.60. The summed E-state index contributed by atoms with van der Waals surface area (Å²) in [6.45, 7) is 4.64. The van der Waals surface area contributed by atoms with Crippen LogP contribution in [0.2, 0.25) is 0 Å². The van der Waals surface area contributed by atoms with Crippen LogP contribution in [-0.4, -0.2) is 44.6 Å². The van der Waals surface area contributed by atoms with E-state index in [0.29, 0.717) is 11.4 Å². The number of likely N-dealkylation sites (tertiary alicyclic amines) is 1. The van der Waals surface area contributed by atoms with Gasteiger partial charge in [-0.2, -0.15) is 5.10 Å². The molecule has 2 heterocycles. The number of amides is 1. The number of benzene rings is 1. The Morgan fingerprint density at radius 2 is 2.09 bits per heavy atom. The normalized spacial score (nSPS) is 21.9. The molecule has 1 amide bonds. The lowest BCUT2D eigenvalue weighted by Gasteiger charge is -2.36. The maximum atomic E-state index is 12.6. The van der Waals surface area contributed by atoms with Gasteiger partial charge in [0.25, 0.3) is 5.91 Å². The molecular formula is C16H21N5O. The van der Waals surface area contributed by atoms with Crippen LogP contribution in [0.5, 0.6) is 0 Å². The molecular weight excluding hydrogens is 278 g/mol. The second-order valence-corrected chi connectivity index (χ2v) is 5.95. The molecule has 0 bridgehead atoms. The van der Waals surface area contributed by atoms with E-state index in [2.05, 4.69) is 22.1 Å². The number of aromatic amines is 1. The monoisotopic (exact) mass is 299 g/mol. The van der Waals surface area contributed by atoms with Crippen molar-refractivity contribution in [1.29, 1.82) is 0 Å². The zero-order valence-corrected chi connectivity index (χ0v) is 12.9. The predicted octanol–water partition coefficient (Wildman–Crippen LogP) is 1.73. The third kappa shape index (κ3) is 2.87. The van der Waals surface area contributed by atoms with Crippen molar-refractivity contribution in [3.63, 3.8) is 0 Å². The quantitative estimate of drug-likeness (QED) is 0.884. The van der Waals surface area contributed by atoms with E-state index in [1.807, 2.05) is 36.1 Å². The van der Waals surface area contributed by atoms with E-state index >= 15 is 0 Å². The molecule has 3 rings (SSSR count). The topological polar surface area (TPSA) is 87.9 Å². The minimum absolute atomic E-state index is 0.0668. The second kappa shape index (κ2) is 5.88. The summed E-state index contributed by atoms with van der Waals surface area (Å²) >= 11 is 0. The maximum Gasteiger partial charge on any atom is 0.254 e. The van der Waals surface area contributed by atoms with Gasteiger partial charge in [-0.1, -0.05) is 12.1 Å². The third-order valence-electron chi connectivity index (χ3n) is 4.16. The standard InChI is InChI=1S/C16H21N5O/c1-10-9-14(17)7-8-21(10)16(22)13-5-3-12(4-6-13)15-18-11(2)19-20-15/h3-6,10,14H,7-9,17H2,1-2H3,(H,18,19,20)/t10-,14-/m1/s1. The van der Waals surface area contributed by atoms with Crippen LogP contribution in [0.1, 0.15) is 35.9 Å². The van der Waals surface area contributed by atoms with Crippen LogP contribution in [0.4, 0.5) is 0 Å². The maximum absolute atomic E-state index is 12.6. The fourth-order valence-electron chi connectivity index (χ4n) is 2.91. The lowest BCUT2D eigenvalue weighted by molar-refractivity contribution is 0.0619. The number of carbonyl (C=O) groups is 1. The fraction of sp³-hybridized carbons (Fsp3) is 0.438. The Kier molecular flexibility index (Phi) is 3.94. The summed E-state index contributed by atoms with van der Waals surface area (Å²) in [5.74, 6) is 1.49. The van der Waals surface area contributed by atoms with Gasteiger partial charge >= 0.3 is 0 Å². The summed E-state index contributed by atoms with van der Waals surface area (Å²) in [6, 6.07) is 7.84. The molecule has 1 aliphatic rings.